The summed E-state index contributed by atoms with van der Waals surface area (Å²) in [5.74, 6) is 0.903. The zero-order valence-corrected chi connectivity index (χ0v) is 11.6. The molecule has 5 heteroatoms. The number of aryl methyl sites for hydroxylation is 1. The second-order valence-electron chi connectivity index (χ2n) is 4.83. The molecule has 1 aromatic carbocycles. The minimum atomic E-state index is -0.658. The van der Waals surface area contributed by atoms with Crippen molar-refractivity contribution in [2.24, 2.45) is 0 Å². The van der Waals surface area contributed by atoms with Crippen molar-refractivity contribution in [2.75, 3.05) is 0 Å². The van der Waals surface area contributed by atoms with Gasteiger partial charge in [-0.1, -0.05) is 35.5 Å². The van der Waals surface area contributed by atoms with E-state index in [1.165, 1.54) is 0 Å². The average Bonchev–Trinajstić information content (AvgIpc) is 2.97. The molecule has 21 heavy (non-hydrogen) atoms. The summed E-state index contributed by atoms with van der Waals surface area (Å²) in [5, 5.41) is 14.1. The molecule has 1 atom stereocenters. The smallest absolute Gasteiger partial charge is 0.229 e. The first-order valence-electron chi connectivity index (χ1n) is 6.70. The summed E-state index contributed by atoms with van der Waals surface area (Å²) in [4.78, 5) is 8.40. The number of aliphatic hydroxyl groups is 1. The number of hydrogen-bond acceptors (Lipinski definition) is 5. The molecule has 0 aliphatic heterocycles. The van der Waals surface area contributed by atoms with Gasteiger partial charge < -0.3 is 9.63 Å². The molecular formula is C16H15N3O2. The number of aliphatic hydroxyl groups excluding tert-OH is 1. The second kappa shape index (κ2) is 5.85. The molecule has 106 valence electrons. The van der Waals surface area contributed by atoms with Crippen molar-refractivity contribution in [3.05, 3.63) is 65.8 Å². The van der Waals surface area contributed by atoms with E-state index in [4.69, 9.17) is 4.52 Å². The summed E-state index contributed by atoms with van der Waals surface area (Å²) in [6, 6.07) is 11.3. The van der Waals surface area contributed by atoms with E-state index in [1.807, 2.05) is 43.3 Å². The van der Waals surface area contributed by atoms with Crippen LogP contribution < -0.4 is 0 Å². The molecule has 0 saturated heterocycles. The summed E-state index contributed by atoms with van der Waals surface area (Å²) >= 11 is 0. The van der Waals surface area contributed by atoms with Gasteiger partial charge in [0.1, 0.15) is 0 Å². The number of rotatable bonds is 4. The second-order valence-corrected chi connectivity index (χ2v) is 4.83. The number of hydrogen-bond donors (Lipinski definition) is 1. The van der Waals surface area contributed by atoms with Crippen molar-refractivity contribution in [2.45, 2.75) is 19.4 Å². The van der Waals surface area contributed by atoms with Gasteiger partial charge in [-0.25, -0.2) is 0 Å². The first-order chi connectivity index (χ1) is 10.2. The van der Waals surface area contributed by atoms with Crippen molar-refractivity contribution in [3.63, 3.8) is 0 Å². The maximum Gasteiger partial charge on any atom is 0.229 e. The fraction of sp³-hybridized carbons (Fsp3) is 0.188. The van der Waals surface area contributed by atoms with Crippen molar-refractivity contribution >= 4 is 0 Å². The predicted molar refractivity (Wildman–Crippen MR) is 77.4 cm³/mol. The highest BCUT2D eigenvalue weighted by molar-refractivity contribution is 5.57. The minimum Gasteiger partial charge on any atom is -0.388 e. The van der Waals surface area contributed by atoms with Crippen LogP contribution in [0.25, 0.3) is 11.4 Å². The molecule has 0 aliphatic rings. The summed E-state index contributed by atoms with van der Waals surface area (Å²) in [6.07, 6.45) is 3.06. The van der Waals surface area contributed by atoms with Gasteiger partial charge in [-0.3, -0.25) is 4.98 Å². The lowest BCUT2D eigenvalue weighted by Crippen LogP contribution is -2.01. The summed E-state index contributed by atoms with van der Waals surface area (Å²) in [7, 11) is 0. The SMILES string of the molecule is Cc1ccncc1-c1noc(CC(O)c2ccccc2)n1. The molecule has 3 aromatic rings. The number of aromatic nitrogens is 3. The van der Waals surface area contributed by atoms with Crippen LogP contribution in [-0.2, 0) is 6.42 Å². The van der Waals surface area contributed by atoms with E-state index in [9.17, 15) is 5.11 Å². The zero-order valence-electron chi connectivity index (χ0n) is 11.6. The Hall–Kier alpha value is -2.53. The quantitative estimate of drug-likeness (QED) is 0.796. The average molecular weight is 281 g/mol. The van der Waals surface area contributed by atoms with Crippen molar-refractivity contribution in [1.29, 1.82) is 0 Å². The Morgan fingerprint density at radius 2 is 2.00 bits per heavy atom. The van der Waals surface area contributed by atoms with Gasteiger partial charge in [0.05, 0.1) is 12.5 Å². The van der Waals surface area contributed by atoms with Gasteiger partial charge in [0, 0.05) is 18.0 Å². The van der Waals surface area contributed by atoms with Gasteiger partial charge in [0.2, 0.25) is 11.7 Å². The van der Waals surface area contributed by atoms with Gasteiger partial charge in [-0.15, -0.1) is 0 Å². The largest absolute Gasteiger partial charge is 0.388 e. The maximum absolute atomic E-state index is 10.2. The van der Waals surface area contributed by atoms with Gasteiger partial charge in [0.15, 0.2) is 0 Å². The fourth-order valence-corrected chi connectivity index (χ4v) is 2.10. The van der Waals surface area contributed by atoms with E-state index in [-0.39, 0.29) is 6.42 Å². The van der Waals surface area contributed by atoms with Crippen LogP contribution in [0, 0.1) is 6.92 Å². The highest BCUT2D eigenvalue weighted by Crippen LogP contribution is 2.21. The fourth-order valence-electron chi connectivity index (χ4n) is 2.10. The van der Waals surface area contributed by atoms with Crippen LogP contribution in [0.5, 0.6) is 0 Å². The van der Waals surface area contributed by atoms with Crippen LogP contribution in [0.15, 0.2) is 53.3 Å². The van der Waals surface area contributed by atoms with Crippen LogP contribution in [0.3, 0.4) is 0 Å². The molecular weight excluding hydrogens is 266 g/mol. The van der Waals surface area contributed by atoms with Crippen LogP contribution in [0.1, 0.15) is 23.1 Å². The molecule has 0 bridgehead atoms. The van der Waals surface area contributed by atoms with E-state index in [2.05, 4.69) is 15.1 Å². The molecule has 0 amide bonds. The zero-order chi connectivity index (χ0) is 14.7. The Bertz CT molecular complexity index is 725. The Kier molecular flexibility index (Phi) is 3.75. The Labute approximate surface area is 122 Å². The first-order valence-corrected chi connectivity index (χ1v) is 6.70. The molecule has 0 radical (unpaired) electrons. The molecule has 1 unspecified atom stereocenters. The van der Waals surface area contributed by atoms with E-state index < -0.39 is 6.10 Å². The van der Waals surface area contributed by atoms with Gasteiger partial charge in [0.25, 0.3) is 0 Å². The lowest BCUT2D eigenvalue weighted by atomic mass is 10.1. The molecule has 2 heterocycles. The Morgan fingerprint density at radius 1 is 1.19 bits per heavy atom. The third-order valence-corrected chi connectivity index (χ3v) is 3.30. The predicted octanol–water partition coefficient (Wildman–Crippen LogP) is 2.72. The Balaban J connectivity index is 1.78. The van der Waals surface area contributed by atoms with Crippen LogP contribution >= 0.6 is 0 Å². The normalized spacial score (nSPS) is 12.3. The third-order valence-electron chi connectivity index (χ3n) is 3.30. The summed E-state index contributed by atoms with van der Waals surface area (Å²) in [5.41, 5.74) is 2.69. The summed E-state index contributed by atoms with van der Waals surface area (Å²) in [6.45, 7) is 1.96. The topological polar surface area (TPSA) is 72.0 Å². The van der Waals surface area contributed by atoms with Crippen LogP contribution in [0.4, 0.5) is 0 Å². The van der Waals surface area contributed by atoms with Gasteiger partial charge in [-0.2, -0.15) is 4.98 Å². The molecule has 0 fully saturated rings. The first kappa shape index (κ1) is 13.5. The molecule has 2 aromatic heterocycles. The standard InChI is InChI=1S/C16H15N3O2/c1-11-7-8-17-10-13(11)16-18-15(21-19-16)9-14(20)12-5-3-2-4-6-12/h2-8,10,14,20H,9H2,1H3. The molecule has 0 aliphatic carbocycles. The van der Waals surface area contributed by atoms with E-state index in [1.54, 1.807) is 12.4 Å². The van der Waals surface area contributed by atoms with Gasteiger partial charge >= 0.3 is 0 Å². The van der Waals surface area contributed by atoms with Gasteiger partial charge in [-0.05, 0) is 24.1 Å². The molecule has 3 rings (SSSR count). The lowest BCUT2D eigenvalue weighted by Gasteiger charge is -2.07. The van der Waals surface area contributed by atoms with Crippen molar-refractivity contribution < 1.29 is 9.63 Å². The van der Waals surface area contributed by atoms with E-state index in [0.717, 1.165) is 16.7 Å². The minimum absolute atomic E-state index is 0.288. The molecule has 0 saturated carbocycles. The lowest BCUT2D eigenvalue weighted by molar-refractivity contribution is 0.165. The molecule has 1 N–H and O–H groups in total. The summed E-state index contributed by atoms with van der Waals surface area (Å²) < 4.78 is 5.22. The highest BCUT2D eigenvalue weighted by atomic mass is 16.5. The third kappa shape index (κ3) is 2.98. The van der Waals surface area contributed by atoms with E-state index in [0.29, 0.717) is 11.7 Å². The molecule has 5 nitrogen and oxygen atoms in total. The monoisotopic (exact) mass is 281 g/mol. The molecule has 0 spiro atoms. The van der Waals surface area contributed by atoms with E-state index >= 15 is 0 Å². The number of pyridine rings is 1. The van der Waals surface area contributed by atoms with Crippen molar-refractivity contribution in [3.8, 4) is 11.4 Å². The van der Waals surface area contributed by atoms with Crippen LogP contribution in [-0.4, -0.2) is 20.2 Å². The Morgan fingerprint density at radius 3 is 2.76 bits per heavy atom. The van der Waals surface area contributed by atoms with Crippen molar-refractivity contribution in [1.82, 2.24) is 15.1 Å². The number of benzene rings is 1. The maximum atomic E-state index is 10.2. The highest BCUT2D eigenvalue weighted by Gasteiger charge is 2.15. The van der Waals surface area contributed by atoms with Crippen LogP contribution in [0.2, 0.25) is 0 Å². The number of nitrogens with zero attached hydrogens (tertiary/aromatic N) is 3.